The highest BCUT2D eigenvalue weighted by molar-refractivity contribution is 5.81. The third kappa shape index (κ3) is 5.51. The van der Waals surface area contributed by atoms with Gasteiger partial charge in [-0.15, -0.1) is 0 Å². The molecule has 0 fully saturated rings. The molecule has 35 heavy (non-hydrogen) atoms. The van der Waals surface area contributed by atoms with Crippen LogP contribution in [0.2, 0.25) is 0 Å². The quantitative estimate of drug-likeness (QED) is 0.546. The zero-order valence-corrected chi connectivity index (χ0v) is 19.7. The van der Waals surface area contributed by atoms with E-state index in [1.54, 1.807) is 20.8 Å². The third-order valence-corrected chi connectivity index (χ3v) is 5.59. The molecule has 4 rings (SSSR count). The number of hydrogen-bond acceptors (Lipinski definition) is 6. The topological polar surface area (TPSA) is 120 Å². The van der Waals surface area contributed by atoms with Crippen molar-refractivity contribution in [2.75, 3.05) is 6.61 Å². The Kier molecular flexibility index (Phi) is 6.59. The van der Waals surface area contributed by atoms with E-state index >= 15 is 0 Å². The summed E-state index contributed by atoms with van der Waals surface area (Å²) in [6.45, 7) is 5.28. The van der Waals surface area contributed by atoms with Crippen LogP contribution in [0.4, 0.5) is 9.59 Å². The lowest BCUT2D eigenvalue weighted by molar-refractivity contribution is -0.139. The molecular formula is C26H27N3O6. The number of carbonyl (C=O) groups is 3. The van der Waals surface area contributed by atoms with E-state index in [-0.39, 0.29) is 18.9 Å². The van der Waals surface area contributed by atoms with Crippen molar-refractivity contribution in [3.05, 3.63) is 77.9 Å². The first-order valence-corrected chi connectivity index (χ1v) is 11.2. The number of aromatic nitrogens is 2. The summed E-state index contributed by atoms with van der Waals surface area (Å²) < 4.78 is 11.8. The van der Waals surface area contributed by atoms with Crippen molar-refractivity contribution in [1.29, 1.82) is 0 Å². The van der Waals surface area contributed by atoms with Gasteiger partial charge < -0.3 is 19.9 Å². The molecule has 0 aliphatic heterocycles. The van der Waals surface area contributed by atoms with Gasteiger partial charge in [0.15, 0.2) is 0 Å². The fraction of sp³-hybridized carbons (Fsp3) is 0.308. The van der Waals surface area contributed by atoms with E-state index in [0.717, 1.165) is 26.8 Å². The molecule has 1 amide bonds. The Bertz CT molecular complexity index is 1210. The number of aliphatic carboxylic acids is 1. The van der Waals surface area contributed by atoms with Gasteiger partial charge in [0.1, 0.15) is 24.6 Å². The van der Waals surface area contributed by atoms with E-state index in [4.69, 9.17) is 9.47 Å². The van der Waals surface area contributed by atoms with Gasteiger partial charge in [-0.3, -0.25) is 0 Å². The van der Waals surface area contributed by atoms with Gasteiger partial charge >= 0.3 is 18.2 Å². The average molecular weight is 478 g/mol. The number of carbonyl (C=O) groups excluding carboxylic acids is 2. The SMILES string of the molecule is CC(C)(C)OC(=O)n1cnc(C[C@@H](NC(=O)OCC2c3ccccc3-c3ccccc32)C(=O)O)c1. The van der Waals surface area contributed by atoms with E-state index in [1.807, 2.05) is 48.5 Å². The van der Waals surface area contributed by atoms with E-state index in [1.165, 1.54) is 12.5 Å². The van der Waals surface area contributed by atoms with Crippen LogP contribution < -0.4 is 5.32 Å². The minimum Gasteiger partial charge on any atom is -0.480 e. The van der Waals surface area contributed by atoms with Crippen LogP contribution in [-0.4, -0.2) is 51.1 Å². The van der Waals surface area contributed by atoms with E-state index < -0.39 is 29.8 Å². The lowest BCUT2D eigenvalue weighted by atomic mass is 9.98. The van der Waals surface area contributed by atoms with Gasteiger partial charge in [0, 0.05) is 18.5 Å². The fourth-order valence-corrected chi connectivity index (χ4v) is 4.08. The van der Waals surface area contributed by atoms with E-state index in [9.17, 15) is 19.5 Å². The van der Waals surface area contributed by atoms with Crippen molar-refractivity contribution >= 4 is 18.2 Å². The summed E-state index contributed by atoms with van der Waals surface area (Å²) in [7, 11) is 0. The number of carboxylic acid groups (broad SMARTS) is 1. The molecule has 9 heteroatoms. The zero-order valence-electron chi connectivity index (χ0n) is 19.7. The molecule has 9 nitrogen and oxygen atoms in total. The Labute approximate surface area is 202 Å². The molecule has 1 aromatic heterocycles. The number of ether oxygens (including phenoxy) is 2. The van der Waals surface area contributed by atoms with Crippen LogP contribution in [0.5, 0.6) is 0 Å². The van der Waals surface area contributed by atoms with E-state index in [2.05, 4.69) is 10.3 Å². The lowest BCUT2D eigenvalue weighted by Gasteiger charge is -2.19. The molecular weight excluding hydrogens is 450 g/mol. The second kappa shape index (κ2) is 9.61. The molecule has 1 heterocycles. The van der Waals surface area contributed by atoms with Gasteiger partial charge in [-0.1, -0.05) is 48.5 Å². The lowest BCUT2D eigenvalue weighted by Crippen LogP contribution is -2.43. The highest BCUT2D eigenvalue weighted by atomic mass is 16.6. The Hall–Kier alpha value is -4.14. The van der Waals surface area contributed by atoms with Crippen molar-refractivity contribution in [1.82, 2.24) is 14.9 Å². The monoisotopic (exact) mass is 477 g/mol. The van der Waals surface area contributed by atoms with Crippen LogP contribution in [0.1, 0.15) is 43.5 Å². The van der Waals surface area contributed by atoms with E-state index in [0.29, 0.717) is 5.69 Å². The van der Waals surface area contributed by atoms with Crippen LogP contribution in [-0.2, 0) is 20.7 Å². The summed E-state index contributed by atoms with van der Waals surface area (Å²) in [5.74, 6) is -1.38. The zero-order chi connectivity index (χ0) is 25.2. The molecule has 2 N–H and O–H groups in total. The summed E-state index contributed by atoms with van der Waals surface area (Å²) >= 11 is 0. The van der Waals surface area contributed by atoms with Crippen LogP contribution >= 0.6 is 0 Å². The first-order valence-electron chi connectivity index (χ1n) is 11.2. The Morgan fingerprint density at radius 3 is 2.23 bits per heavy atom. The van der Waals surface area contributed by atoms with Crippen molar-refractivity contribution in [3.63, 3.8) is 0 Å². The van der Waals surface area contributed by atoms with Gasteiger partial charge in [0.2, 0.25) is 0 Å². The van der Waals surface area contributed by atoms with Gasteiger partial charge in [-0.2, -0.15) is 0 Å². The fourth-order valence-electron chi connectivity index (χ4n) is 4.08. The Morgan fingerprint density at radius 1 is 1.06 bits per heavy atom. The average Bonchev–Trinajstić information content (AvgIpc) is 3.39. The van der Waals surface area contributed by atoms with Crippen LogP contribution in [0.25, 0.3) is 11.1 Å². The van der Waals surface area contributed by atoms with Crippen molar-refractivity contribution in [2.24, 2.45) is 0 Å². The summed E-state index contributed by atoms with van der Waals surface area (Å²) in [5, 5.41) is 12.0. The molecule has 0 saturated heterocycles. The molecule has 0 spiro atoms. The molecule has 2 aromatic carbocycles. The molecule has 1 atom stereocenters. The van der Waals surface area contributed by atoms with Gasteiger partial charge in [-0.25, -0.2) is 23.9 Å². The second-order valence-corrected chi connectivity index (χ2v) is 9.32. The molecule has 1 aliphatic carbocycles. The third-order valence-electron chi connectivity index (χ3n) is 5.59. The predicted octanol–water partition coefficient (Wildman–Crippen LogP) is 4.20. The van der Waals surface area contributed by atoms with Crippen LogP contribution in [0.15, 0.2) is 61.1 Å². The summed E-state index contributed by atoms with van der Waals surface area (Å²) in [4.78, 5) is 40.5. The van der Waals surface area contributed by atoms with Crippen molar-refractivity contribution in [2.45, 2.75) is 44.8 Å². The number of carboxylic acids is 1. The minimum absolute atomic E-state index is 0.0689. The second-order valence-electron chi connectivity index (χ2n) is 9.32. The molecule has 0 radical (unpaired) electrons. The van der Waals surface area contributed by atoms with Crippen LogP contribution in [0.3, 0.4) is 0 Å². The van der Waals surface area contributed by atoms with Gasteiger partial charge in [-0.05, 0) is 43.0 Å². The number of fused-ring (bicyclic) bond motifs is 3. The number of hydrogen-bond donors (Lipinski definition) is 2. The molecule has 1 aliphatic rings. The minimum atomic E-state index is -1.28. The number of nitrogens with zero attached hydrogens (tertiary/aromatic N) is 2. The number of alkyl carbamates (subject to hydrolysis) is 1. The number of benzene rings is 2. The molecule has 0 unspecified atom stereocenters. The highest BCUT2D eigenvalue weighted by Gasteiger charge is 2.30. The normalized spacial score (nSPS) is 13.5. The molecule has 0 saturated carbocycles. The smallest absolute Gasteiger partial charge is 0.419 e. The first kappa shape index (κ1) is 24.0. The van der Waals surface area contributed by atoms with Crippen LogP contribution in [0, 0.1) is 0 Å². The number of nitrogens with one attached hydrogen (secondary N) is 1. The predicted molar refractivity (Wildman–Crippen MR) is 127 cm³/mol. The molecule has 3 aromatic rings. The molecule has 182 valence electrons. The number of amides is 1. The van der Waals surface area contributed by atoms with Gasteiger partial charge in [0.25, 0.3) is 0 Å². The van der Waals surface area contributed by atoms with Crippen molar-refractivity contribution < 1.29 is 29.0 Å². The summed E-state index contributed by atoms with van der Waals surface area (Å²) in [6.07, 6.45) is 1.02. The number of rotatable bonds is 6. The number of imidazole rings is 1. The van der Waals surface area contributed by atoms with Crippen molar-refractivity contribution in [3.8, 4) is 11.1 Å². The Morgan fingerprint density at radius 2 is 1.66 bits per heavy atom. The Balaban J connectivity index is 1.38. The largest absolute Gasteiger partial charge is 0.480 e. The maximum atomic E-state index is 12.5. The highest BCUT2D eigenvalue weighted by Crippen LogP contribution is 2.44. The summed E-state index contributed by atoms with van der Waals surface area (Å²) in [6, 6.07) is 14.6. The standard InChI is InChI=1S/C26H27N3O6/c1-26(2,3)35-25(33)29-13-16(27-15-29)12-22(23(30)31)28-24(32)34-14-21-19-10-6-4-8-17(19)18-9-5-7-11-20(18)21/h4-11,13,15,21-22H,12,14H2,1-3H3,(H,28,32)(H,30,31)/t22-/m1/s1. The van der Waals surface area contributed by atoms with Gasteiger partial charge in [0.05, 0.1) is 5.69 Å². The maximum absolute atomic E-state index is 12.5. The maximum Gasteiger partial charge on any atom is 0.419 e. The summed E-state index contributed by atoms with van der Waals surface area (Å²) in [5.41, 5.74) is 3.94. The molecule has 0 bridgehead atoms. The first-order chi connectivity index (χ1) is 16.6.